The fourth-order valence-corrected chi connectivity index (χ4v) is 4.18. The zero-order chi connectivity index (χ0) is 15.8. The van der Waals surface area contributed by atoms with Crippen molar-refractivity contribution in [2.45, 2.75) is 51.2 Å². The highest BCUT2D eigenvalue weighted by Gasteiger charge is 2.57. The normalized spacial score (nSPS) is 24.5. The van der Waals surface area contributed by atoms with E-state index in [2.05, 4.69) is 18.1 Å². The van der Waals surface area contributed by atoms with Crippen LogP contribution in [0.1, 0.15) is 33.6 Å². The standard InChI is InChI=1S/C15H27N3O2S/c1-11(2)18-13(19)15(16(4)14(18)20)6-8-17(9-7-15)12(3)10-21-5/h11-12H,6-10H2,1-5H3/t12-/m1/s1. The number of imide groups is 1. The van der Waals surface area contributed by atoms with Gasteiger partial charge in [-0.1, -0.05) is 0 Å². The largest absolute Gasteiger partial charge is 0.327 e. The molecule has 2 rings (SSSR count). The van der Waals surface area contributed by atoms with Gasteiger partial charge < -0.3 is 4.90 Å². The van der Waals surface area contributed by atoms with Crippen molar-refractivity contribution in [2.75, 3.05) is 32.1 Å². The van der Waals surface area contributed by atoms with E-state index in [9.17, 15) is 9.59 Å². The second-order valence-corrected chi connectivity index (χ2v) is 7.39. The smallest absolute Gasteiger partial charge is 0.312 e. The minimum atomic E-state index is -0.600. The molecule has 2 aliphatic heterocycles. The molecule has 0 saturated carbocycles. The van der Waals surface area contributed by atoms with E-state index in [1.54, 1.807) is 11.9 Å². The molecule has 0 radical (unpaired) electrons. The first-order valence-corrected chi connectivity index (χ1v) is 9.09. The van der Waals surface area contributed by atoms with Gasteiger partial charge in [0, 0.05) is 38.0 Å². The Morgan fingerprint density at radius 3 is 2.19 bits per heavy atom. The molecule has 2 saturated heterocycles. The summed E-state index contributed by atoms with van der Waals surface area (Å²) in [7, 11) is 1.78. The van der Waals surface area contributed by atoms with E-state index in [1.165, 1.54) is 4.90 Å². The number of rotatable bonds is 4. The molecular formula is C15H27N3O2S. The lowest BCUT2D eigenvalue weighted by Gasteiger charge is -2.42. The average molecular weight is 313 g/mol. The quantitative estimate of drug-likeness (QED) is 0.743. The first-order chi connectivity index (χ1) is 9.85. The minimum absolute atomic E-state index is 0.00201. The Bertz CT molecular complexity index is 419. The highest BCUT2D eigenvalue weighted by atomic mass is 32.2. The Kier molecular flexibility index (Phi) is 4.88. The summed E-state index contributed by atoms with van der Waals surface area (Å²) in [4.78, 5) is 30.7. The number of carbonyl (C=O) groups excluding carboxylic acids is 2. The zero-order valence-electron chi connectivity index (χ0n) is 13.8. The highest BCUT2D eigenvalue weighted by Crippen LogP contribution is 2.37. The van der Waals surface area contributed by atoms with Crippen LogP contribution in [0.25, 0.3) is 0 Å². The summed E-state index contributed by atoms with van der Waals surface area (Å²) in [6.45, 7) is 7.81. The van der Waals surface area contributed by atoms with Gasteiger partial charge >= 0.3 is 6.03 Å². The molecule has 0 aromatic rings. The highest BCUT2D eigenvalue weighted by molar-refractivity contribution is 7.98. The molecule has 2 aliphatic rings. The SMILES string of the molecule is CSC[C@@H](C)N1CCC2(CC1)C(=O)N(C(C)C)C(=O)N2C. The molecule has 0 bridgehead atoms. The molecule has 2 fully saturated rings. The third-order valence-electron chi connectivity index (χ3n) is 4.92. The Balaban J connectivity index is 2.12. The number of carbonyl (C=O) groups is 2. The Labute approximate surface area is 132 Å². The molecular weight excluding hydrogens is 286 g/mol. The summed E-state index contributed by atoms with van der Waals surface area (Å²) in [6, 6.07) is 0.317. The van der Waals surface area contributed by atoms with Crippen LogP contribution in [0.2, 0.25) is 0 Å². The van der Waals surface area contributed by atoms with Crippen LogP contribution in [0.4, 0.5) is 4.79 Å². The number of hydrogen-bond acceptors (Lipinski definition) is 4. The van der Waals surface area contributed by atoms with E-state index in [0.29, 0.717) is 6.04 Å². The van der Waals surface area contributed by atoms with Crippen LogP contribution in [-0.4, -0.2) is 76.4 Å². The monoisotopic (exact) mass is 313 g/mol. The number of likely N-dealkylation sites (tertiary alicyclic amines) is 1. The Morgan fingerprint density at radius 1 is 1.19 bits per heavy atom. The van der Waals surface area contributed by atoms with Crippen molar-refractivity contribution < 1.29 is 9.59 Å². The molecule has 3 amide bonds. The summed E-state index contributed by atoms with van der Waals surface area (Å²) in [5.41, 5.74) is -0.600. The van der Waals surface area contributed by atoms with Gasteiger partial charge in [-0.25, -0.2) is 4.79 Å². The fraction of sp³-hybridized carbons (Fsp3) is 0.867. The topological polar surface area (TPSA) is 43.9 Å². The molecule has 21 heavy (non-hydrogen) atoms. The molecule has 0 aromatic carbocycles. The summed E-state index contributed by atoms with van der Waals surface area (Å²) < 4.78 is 0. The predicted molar refractivity (Wildman–Crippen MR) is 86.5 cm³/mol. The van der Waals surface area contributed by atoms with Gasteiger partial charge in [0.15, 0.2) is 0 Å². The number of amides is 3. The number of thioether (sulfide) groups is 1. The van der Waals surface area contributed by atoms with Crippen molar-refractivity contribution in [2.24, 2.45) is 0 Å². The average Bonchev–Trinajstić information content (AvgIpc) is 2.62. The van der Waals surface area contributed by atoms with Crippen molar-refractivity contribution in [1.82, 2.24) is 14.7 Å². The molecule has 5 nitrogen and oxygen atoms in total. The summed E-state index contributed by atoms with van der Waals surface area (Å²) in [5.74, 6) is 1.11. The van der Waals surface area contributed by atoms with Crippen LogP contribution in [0.3, 0.4) is 0 Å². The molecule has 6 heteroatoms. The van der Waals surface area contributed by atoms with Gasteiger partial charge in [-0.3, -0.25) is 14.6 Å². The van der Waals surface area contributed by atoms with Gasteiger partial charge in [0.05, 0.1) is 0 Å². The van der Waals surface area contributed by atoms with Crippen LogP contribution in [-0.2, 0) is 4.79 Å². The maximum atomic E-state index is 12.8. The maximum absolute atomic E-state index is 12.8. The van der Waals surface area contributed by atoms with E-state index in [0.717, 1.165) is 31.7 Å². The fourth-order valence-electron chi connectivity index (χ4n) is 3.49. The van der Waals surface area contributed by atoms with E-state index in [1.807, 2.05) is 25.6 Å². The van der Waals surface area contributed by atoms with E-state index in [4.69, 9.17) is 0 Å². The Morgan fingerprint density at radius 2 is 1.76 bits per heavy atom. The van der Waals surface area contributed by atoms with Crippen molar-refractivity contribution >= 4 is 23.7 Å². The molecule has 0 unspecified atom stereocenters. The lowest BCUT2D eigenvalue weighted by Crippen LogP contribution is -2.57. The third kappa shape index (κ3) is 2.68. The van der Waals surface area contributed by atoms with Crippen LogP contribution in [0.5, 0.6) is 0 Å². The molecule has 0 N–H and O–H groups in total. The summed E-state index contributed by atoms with van der Waals surface area (Å²) >= 11 is 1.85. The van der Waals surface area contributed by atoms with Gasteiger partial charge in [0.2, 0.25) is 0 Å². The number of nitrogens with zero attached hydrogens (tertiary/aromatic N) is 3. The first kappa shape index (κ1) is 16.6. The molecule has 1 atom stereocenters. The van der Waals surface area contributed by atoms with Crippen molar-refractivity contribution in [1.29, 1.82) is 0 Å². The van der Waals surface area contributed by atoms with Crippen molar-refractivity contribution in [3.05, 3.63) is 0 Å². The van der Waals surface area contributed by atoms with E-state index in [-0.39, 0.29) is 18.0 Å². The van der Waals surface area contributed by atoms with Gasteiger partial charge in [-0.05, 0) is 39.9 Å². The van der Waals surface area contributed by atoms with Crippen LogP contribution < -0.4 is 0 Å². The lowest BCUT2D eigenvalue weighted by molar-refractivity contribution is -0.136. The molecule has 2 heterocycles. The number of hydrogen-bond donors (Lipinski definition) is 0. The number of piperidine rings is 1. The van der Waals surface area contributed by atoms with Gasteiger partial charge in [0.1, 0.15) is 5.54 Å². The number of urea groups is 1. The predicted octanol–water partition coefficient (Wildman–Crippen LogP) is 1.87. The maximum Gasteiger partial charge on any atom is 0.327 e. The van der Waals surface area contributed by atoms with E-state index >= 15 is 0 Å². The molecule has 0 aliphatic carbocycles. The van der Waals surface area contributed by atoms with Crippen LogP contribution in [0, 0.1) is 0 Å². The van der Waals surface area contributed by atoms with Crippen LogP contribution >= 0.6 is 11.8 Å². The second kappa shape index (κ2) is 6.16. The summed E-state index contributed by atoms with van der Waals surface area (Å²) in [6.07, 6.45) is 3.61. The molecule has 0 aromatic heterocycles. The third-order valence-corrected chi connectivity index (χ3v) is 5.74. The first-order valence-electron chi connectivity index (χ1n) is 7.69. The van der Waals surface area contributed by atoms with E-state index < -0.39 is 5.54 Å². The molecule has 120 valence electrons. The molecule has 1 spiro atoms. The Hall–Kier alpha value is -0.750. The minimum Gasteiger partial charge on any atom is -0.312 e. The van der Waals surface area contributed by atoms with Crippen LogP contribution in [0.15, 0.2) is 0 Å². The van der Waals surface area contributed by atoms with Gasteiger partial charge in [0.25, 0.3) is 5.91 Å². The zero-order valence-corrected chi connectivity index (χ0v) is 14.6. The second-order valence-electron chi connectivity index (χ2n) is 6.48. The van der Waals surface area contributed by atoms with Gasteiger partial charge in [-0.15, -0.1) is 0 Å². The lowest BCUT2D eigenvalue weighted by atomic mass is 9.85. The van der Waals surface area contributed by atoms with Crippen molar-refractivity contribution in [3.8, 4) is 0 Å². The van der Waals surface area contributed by atoms with Gasteiger partial charge in [-0.2, -0.15) is 11.8 Å². The number of likely N-dealkylation sites (N-methyl/N-ethyl adjacent to an activating group) is 1. The summed E-state index contributed by atoms with van der Waals surface area (Å²) in [5, 5.41) is 0. The van der Waals surface area contributed by atoms with Crippen molar-refractivity contribution in [3.63, 3.8) is 0 Å².